The van der Waals surface area contributed by atoms with Crippen molar-refractivity contribution in [2.24, 2.45) is 0 Å². The molecule has 6 heteroatoms. The van der Waals surface area contributed by atoms with Crippen LogP contribution in [-0.2, 0) is 17.8 Å². The van der Waals surface area contributed by atoms with Crippen LogP contribution in [0.2, 0.25) is 0 Å². The van der Waals surface area contributed by atoms with Gasteiger partial charge < -0.3 is 24.4 Å². The lowest BCUT2D eigenvalue weighted by Crippen LogP contribution is -2.36. The third-order valence-corrected chi connectivity index (χ3v) is 4.44. The molecule has 4 rings (SSSR count). The largest absolute Gasteiger partial charge is 0.454 e. The Kier molecular flexibility index (Phi) is 6.02. The molecule has 0 aliphatic carbocycles. The Labute approximate surface area is 154 Å². The highest BCUT2D eigenvalue weighted by Crippen LogP contribution is 2.35. The van der Waals surface area contributed by atoms with Crippen molar-refractivity contribution in [3.05, 3.63) is 53.6 Å². The van der Waals surface area contributed by atoms with Gasteiger partial charge in [-0.1, -0.05) is 24.3 Å². The zero-order chi connectivity index (χ0) is 16.2. The van der Waals surface area contributed by atoms with Gasteiger partial charge in [-0.3, -0.25) is 0 Å². The van der Waals surface area contributed by atoms with Crippen LogP contribution in [0.1, 0.15) is 11.1 Å². The van der Waals surface area contributed by atoms with Gasteiger partial charge in [0.2, 0.25) is 6.79 Å². The van der Waals surface area contributed by atoms with Crippen molar-refractivity contribution in [3.8, 4) is 11.5 Å². The molecule has 2 aromatic carbocycles. The second kappa shape index (κ2) is 8.43. The Hall–Kier alpha value is -1.95. The van der Waals surface area contributed by atoms with Crippen LogP contribution >= 0.6 is 12.4 Å². The summed E-state index contributed by atoms with van der Waals surface area (Å²) < 4.78 is 16.3. The Bertz CT molecular complexity index is 688. The molecule has 0 atom stereocenters. The molecule has 0 saturated carbocycles. The molecular formula is C19H23ClN2O3. The summed E-state index contributed by atoms with van der Waals surface area (Å²) in [5, 5.41) is 3.48. The van der Waals surface area contributed by atoms with Gasteiger partial charge >= 0.3 is 0 Å². The van der Waals surface area contributed by atoms with Gasteiger partial charge in [0.1, 0.15) is 0 Å². The van der Waals surface area contributed by atoms with Crippen LogP contribution in [0.5, 0.6) is 11.5 Å². The Balaban J connectivity index is 0.00000182. The lowest BCUT2D eigenvalue weighted by Gasteiger charge is -2.28. The molecule has 0 unspecified atom stereocenters. The molecule has 0 radical (unpaired) electrons. The molecule has 25 heavy (non-hydrogen) atoms. The van der Waals surface area contributed by atoms with Crippen LogP contribution < -0.4 is 19.7 Å². The maximum absolute atomic E-state index is 5.54. The predicted octanol–water partition coefficient (Wildman–Crippen LogP) is 2.96. The van der Waals surface area contributed by atoms with Gasteiger partial charge in [0.25, 0.3) is 0 Å². The molecule has 134 valence electrons. The summed E-state index contributed by atoms with van der Waals surface area (Å²) in [7, 11) is 0. The van der Waals surface area contributed by atoms with E-state index in [1.165, 1.54) is 11.3 Å². The molecule has 0 bridgehead atoms. The summed E-state index contributed by atoms with van der Waals surface area (Å²) in [4.78, 5) is 2.37. The number of benzene rings is 2. The average Bonchev–Trinajstić information content (AvgIpc) is 3.13. The molecule has 0 aromatic heterocycles. The van der Waals surface area contributed by atoms with Crippen LogP contribution in [0.25, 0.3) is 0 Å². The number of morpholine rings is 1. The third kappa shape index (κ3) is 4.18. The van der Waals surface area contributed by atoms with Crippen molar-refractivity contribution in [1.29, 1.82) is 0 Å². The number of ether oxygens (including phenoxy) is 3. The van der Waals surface area contributed by atoms with E-state index in [2.05, 4.69) is 40.5 Å². The Morgan fingerprint density at radius 3 is 2.52 bits per heavy atom. The van der Waals surface area contributed by atoms with E-state index in [0.29, 0.717) is 6.79 Å². The first-order valence-corrected chi connectivity index (χ1v) is 8.40. The van der Waals surface area contributed by atoms with E-state index in [0.717, 1.165) is 56.5 Å². The number of anilines is 1. The summed E-state index contributed by atoms with van der Waals surface area (Å²) >= 11 is 0. The van der Waals surface area contributed by atoms with Gasteiger partial charge in [0.05, 0.1) is 13.2 Å². The summed E-state index contributed by atoms with van der Waals surface area (Å²) in [6, 6.07) is 14.8. The first kappa shape index (κ1) is 17.9. The number of nitrogens with zero attached hydrogens (tertiary/aromatic N) is 1. The molecule has 0 amide bonds. The van der Waals surface area contributed by atoms with E-state index in [4.69, 9.17) is 14.2 Å². The quantitative estimate of drug-likeness (QED) is 0.885. The minimum atomic E-state index is 0. The number of rotatable bonds is 5. The van der Waals surface area contributed by atoms with Crippen LogP contribution in [0.15, 0.2) is 42.5 Å². The van der Waals surface area contributed by atoms with Gasteiger partial charge in [-0.15, -0.1) is 12.4 Å². The van der Waals surface area contributed by atoms with Gasteiger partial charge in [0, 0.05) is 37.4 Å². The number of para-hydroxylation sites is 1. The number of halogens is 1. The van der Waals surface area contributed by atoms with Crippen molar-refractivity contribution in [2.75, 3.05) is 38.0 Å². The molecule has 5 nitrogen and oxygen atoms in total. The predicted molar refractivity (Wildman–Crippen MR) is 99.8 cm³/mol. The van der Waals surface area contributed by atoms with Crippen LogP contribution in [0.3, 0.4) is 0 Å². The molecule has 2 aliphatic rings. The monoisotopic (exact) mass is 362 g/mol. The van der Waals surface area contributed by atoms with Gasteiger partial charge in [-0.25, -0.2) is 0 Å². The normalized spacial score (nSPS) is 15.8. The summed E-state index contributed by atoms with van der Waals surface area (Å²) in [6.07, 6.45) is 0. The second-order valence-corrected chi connectivity index (χ2v) is 6.02. The smallest absolute Gasteiger partial charge is 0.231 e. The SMILES string of the molecule is Cl.c1cc(CNCc2ccc(N3CCOCC3)cc2)c2c(c1)OCO2. The van der Waals surface area contributed by atoms with E-state index in [9.17, 15) is 0 Å². The molecule has 2 aromatic rings. The average molecular weight is 363 g/mol. The molecule has 2 heterocycles. The van der Waals surface area contributed by atoms with Crippen LogP contribution in [0.4, 0.5) is 5.69 Å². The van der Waals surface area contributed by atoms with Crippen molar-refractivity contribution >= 4 is 18.1 Å². The number of fused-ring (bicyclic) bond motifs is 1. The minimum absolute atomic E-state index is 0. The first-order valence-electron chi connectivity index (χ1n) is 8.40. The van der Waals surface area contributed by atoms with E-state index in [1.54, 1.807) is 0 Å². The van der Waals surface area contributed by atoms with E-state index in [-0.39, 0.29) is 12.4 Å². The maximum Gasteiger partial charge on any atom is 0.231 e. The zero-order valence-electron chi connectivity index (χ0n) is 14.1. The fourth-order valence-corrected chi connectivity index (χ4v) is 3.12. The van der Waals surface area contributed by atoms with Crippen molar-refractivity contribution in [1.82, 2.24) is 5.32 Å². The number of nitrogens with one attached hydrogen (secondary N) is 1. The first-order chi connectivity index (χ1) is 11.9. The van der Waals surface area contributed by atoms with E-state index < -0.39 is 0 Å². The molecule has 0 spiro atoms. The van der Waals surface area contributed by atoms with Gasteiger partial charge in [-0.05, 0) is 23.8 Å². The zero-order valence-corrected chi connectivity index (χ0v) is 14.9. The van der Waals surface area contributed by atoms with E-state index in [1.807, 2.05) is 12.1 Å². The molecule has 1 fully saturated rings. The number of hydrogen-bond acceptors (Lipinski definition) is 5. The topological polar surface area (TPSA) is 43.0 Å². The molecule has 1 saturated heterocycles. The van der Waals surface area contributed by atoms with E-state index >= 15 is 0 Å². The third-order valence-electron chi connectivity index (χ3n) is 4.44. The van der Waals surface area contributed by atoms with Crippen LogP contribution in [0, 0.1) is 0 Å². The fourth-order valence-electron chi connectivity index (χ4n) is 3.12. The second-order valence-electron chi connectivity index (χ2n) is 6.02. The van der Waals surface area contributed by atoms with Gasteiger partial charge in [-0.2, -0.15) is 0 Å². The standard InChI is InChI=1S/C19H22N2O3.ClH/c1-2-16(19-18(3-1)23-14-24-19)13-20-12-15-4-6-17(7-5-15)21-8-10-22-11-9-21;/h1-7,20H,8-14H2;1H. The Morgan fingerprint density at radius 1 is 0.920 bits per heavy atom. The fraction of sp³-hybridized carbons (Fsp3) is 0.368. The lowest BCUT2D eigenvalue weighted by atomic mass is 10.1. The van der Waals surface area contributed by atoms with Crippen molar-refractivity contribution < 1.29 is 14.2 Å². The highest BCUT2D eigenvalue weighted by Gasteiger charge is 2.16. The molecule has 2 aliphatic heterocycles. The summed E-state index contributed by atoms with van der Waals surface area (Å²) in [6.45, 7) is 5.48. The summed E-state index contributed by atoms with van der Waals surface area (Å²) in [5.74, 6) is 1.71. The minimum Gasteiger partial charge on any atom is -0.454 e. The van der Waals surface area contributed by atoms with Crippen molar-refractivity contribution in [3.63, 3.8) is 0 Å². The molecule has 1 N–H and O–H groups in total. The Morgan fingerprint density at radius 2 is 1.72 bits per heavy atom. The summed E-state index contributed by atoms with van der Waals surface area (Å²) in [5.41, 5.74) is 3.68. The maximum atomic E-state index is 5.54. The van der Waals surface area contributed by atoms with Crippen molar-refractivity contribution in [2.45, 2.75) is 13.1 Å². The number of hydrogen-bond donors (Lipinski definition) is 1. The highest BCUT2D eigenvalue weighted by atomic mass is 35.5. The van der Waals surface area contributed by atoms with Crippen LogP contribution in [-0.4, -0.2) is 33.1 Å². The lowest BCUT2D eigenvalue weighted by molar-refractivity contribution is 0.122. The highest BCUT2D eigenvalue weighted by molar-refractivity contribution is 5.85. The van der Waals surface area contributed by atoms with Gasteiger partial charge in [0.15, 0.2) is 11.5 Å². The molecular weight excluding hydrogens is 340 g/mol.